The first-order chi connectivity index (χ1) is 13.8. The van der Waals surface area contributed by atoms with E-state index in [0.717, 1.165) is 0 Å². The zero-order chi connectivity index (χ0) is 21.0. The predicted molar refractivity (Wildman–Crippen MR) is 113 cm³/mol. The number of carbonyl (C=O) groups excluding carboxylic acids is 2. The summed E-state index contributed by atoms with van der Waals surface area (Å²) in [6.45, 7) is 9.62. The van der Waals surface area contributed by atoms with Crippen LogP contribution in [-0.2, 0) is 10.2 Å². The smallest absolute Gasteiger partial charge is 0.251 e. The summed E-state index contributed by atoms with van der Waals surface area (Å²) in [5.74, 6) is 1.04. The molecule has 1 aliphatic rings. The van der Waals surface area contributed by atoms with Crippen LogP contribution in [0.5, 0.6) is 11.5 Å². The number of ether oxygens (including phenoxy) is 2. The highest BCUT2D eigenvalue weighted by Gasteiger charge is 2.18. The van der Waals surface area contributed by atoms with Gasteiger partial charge in [0, 0.05) is 37.3 Å². The molecule has 0 unspecified atom stereocenters. The Balaban J connectivity index is 1.61. The first kappa shape index (κ1) is 20.7. The molecule has 6 nitrogen and oxygen atoms in total. The van der Waals surface area contributed by atoms with E-state index < -0.39 is 0 Å². The third-order valence-corrected chi connectivity index (χ3v) is 4.85. The minimum Gasteiger partial charge on any atom is -0.486 e. The van der Waals surface area contributed by atoms with Gasteiger partial charge in [0.05, 0.1) is 0 Å². The van der Waals surface area contributed by atoms with E-state index in [1.807, 2.05) is 30.3 Å². The highest BCUT2D eigenvalue weighted by molar-refractivity contribution is 5.95. The molecule has 0 saturated carbocycles. The molecule has 6 heteroatoms. The van der Waals surface area contributed by atoms with Gasteiger partial charge in [0.25, 0.3) is 5.91 Å². The summed E-state index contributed by atoms with van der Waals surface area (Å²) in [6.07, 6.45) is 0. The highest BCUT2D eigenvalue weighted by atomic mass is 16.6. The molecule has 0 spiro atoms. The number of nitrogens with zero attached hydrogens (tertiary/aromatic N) is 1. The first-order valence-corrected chi connectivity index (χ1v) is 9.82. The Morgan fingerprint density at radius 2 is 1.66 bits per heavy atom. The summed E-state index contributed by atoms with van der Waals surface area (Å²) < 4.78 is 11.1. The van der Waals surface area contributed by atoms with Gasteiger partial charge in [-0.15, -0.1) is 0 Å². The van der Waals surface area contributed by atoms with Crippen molar-refractivity contribution in [2.75, 3.05) is 31.2 Å². The van der Waals surface area contributed by atoms with Gasteiger partial charge in [-0.05, 0) is 35.2 Å². The van der Waals surface area contributed by atoms with Crippen LogP contribution in [0.2, 0.25) is 0 Å². The molecule has 0 aromatic heterocycles. The van der Waals surface area contributed by atoms with Crippen LogP contribution in [0, 0.1) is 0 Å². The Kier molecular flexibility index (Phi) is 6.11. The van der Waals surface area contributed by atoms with Crippen molar-refractivity contribution in [2.45, 2.75) is 33.1 Å². The zero-order valence-corrected chi connectivity index (χ0v) is 17.5. The van der Waals surface area contributed by atoms with E-state index in [4.69, 9.17) is 9.47 Å². The normalized spacial score (nSPS) is 13.0. The molecule has 0 radical (unpaired) electrons. The minimum absolute atomic E-state index is 0.0423. The molecule has 154 valence electrons. The van der Waals surface area contributed by atoms with Crippen molar-refractivity contribution in [3.63, 3.8) is 0 Å². The molecule has 2 aromatic rings. The van der Waals surface area contributed by atoms with Gasteiger partial charge in [0.15, 0.2) is 11.5 Å². The van der Waals surface area contributed by atoms with E-state index in [-0.39, 0.29) is 17.2 Å². The van der Waals surface area contributed by atoms with Crippen LogP contribution in [0.3, 0.4) is 0 Å². The average molecular weight is 396 g/mol. The lowest BCUT2D eigenvalue weighted by atomic mass is 9.87. The van der Waals surface area contributed by atoms with E-state index in [1.165, 1.54) is 12.5 Å². The molecule has 1 heterocycles. The molecule has 3 rings (SSSR count). The van der Waals surface area contributed by atoms with Crippen LogP contribution in [0.1, 0.15) is 43.6 Å². The zero-order valence-electron chi connectivity index (χ0n) is 17.5. The number of nitrogens with one attached hydrogen (secondary N) is 1. The number of rotatable bonds is 5. The lowest BCUT2D eigenvalue weighted by molar-refractivity contribution is -0.116. The van der Waals surface area contributed by atoms with Gasteiger partial charge >= 0.3 is 0 Å². The maximum absolute atomic E-state index is 12.4. The van der Waals surface area contributed by atoms with Crippen molar-refractivity contribution in [3.05, 3.63) is 53.6 Å². The van der Waals surface area contributed by atoms with E-state index in [2.05, 4.69) is 26.1 Å². The van der Waals surface area contributed by atoms with Crippen molar-refractivity contribution in [1.82, 2.24) is 5.32 Å². The molecule has 1 aliphatic heterocycles. The quantitative estimate of drug-likeness (QED) is 0.839. The Hall–Kier alpha value is -3.02. The van der Waals surface area contributed by atoms with Gasteiger partial charge in [-0.2, -0.15) is 0 Å². The largest absolute Gasteiger partial charge is 0.486 e. The maximum atomic E-state index is 12.4. The number of amides is 2. The molecular formula is C23H28N2O4. The molecule has 0 fully saturated rings. The summed E-state index contributed by atoms with van der Waals surface area (Å²) in [7, 11) is 0. The Morgan fingerprint density at radius 1 is 1.00 bits per heavy atom. The number of fused-ring (bicyclic) bond motifs is 1. The van der Waals surface area contributed by atoms with Gasteiger partial charge in [0.2, 0.25) is 5.91 Å². The van der Waals surface area contributed by atoms with E-state index >= 15 is 0 Å². The second-order valence-electron chi connectivity index (χ2n) is 8.08. The van der Waals surface area contributed by atoms with Gasteiger partial charge in [-0.25, -0.2) is 0 Å². The lowest BCUT2D eigenvalue weighted by Crippen LogP contribution is -2.37. The standard InChI is InChI=1S/C23H28N2O4/c1-16(26)25(19-9-10-20-21(15-19)29-14-13-28-20)12-11-24-22(27)17-5-7-18(8-6-17)23(2,3)4/h5-10,15H,11-14H2,1-4H3,(H,24,27). The van der Waals surface area contributed by atoms with E-state index in [9.17, 15) is 9.59 Å². The fraction of sp³-hybridized carbons (Fsp3) is 0.391. The molecule has 2 aromatic carbocycles. The van der Waals surface area contributed by atoms with Crippen molar-refractivity contribution >= 4 is 17.5 Å². The summed E-state index contributed by atoms with van der Waals surface area (Å²) in [4.78, 5) is 26.2. The molecule has 1 N–H and O–H groups in total. The highest BCUT2D eigenvalue weighted by Crippen LogP contribution is 2.34. The third kappa shape index (κ3) is 5.08. The number of anilines is 1. The number of hydrogen-bond donors (Lipinski definition) is 1. The second kappa shape index (κ2) is 8.55. The van der Waals surface area contributed by atoms with Crippen LogP contribution < -0.4 is 19.7 Å². The average Bonchev–Trinajstić information content (AvgIpc) is 2.70. The number of carbonyl (C=O) groups is 2. The molecule has 0 bridgehead atoms. The van der Waals surface area contributed by atoms with Crippen molar-refractivity contribution in [2.24, 2.45) is 0 Å². The fourth-order valence-electron chi connectivity index (χ4n) is 3.17. The van der Waals surface area contributed by atoms with Crippen LogP contribution >= 0.6 is 0 Å². The molecule has 0 aliphatic carbocycles. The van der Waals surface area contributed by atoms with Crippen molar-refractivity contribution in [3.8, 4) is 11.5 Å². The van der Waals surface area contributed by atoms with Crippen molar-refractivity contribution < 1.29 is 19.1 Å². The Bertz CT molecular complexity index is 885. The van der Waals surface area contributed by atoms with E-state index in [1.54, 1.807) is 17.0 Å². The summed E-state index contributed by atoms with van der Waals surface area (Å²) in [5, 5.41) is 2.89. The fourth-order valence-corrected chi connectivity index (χ4v) is 3.17. The van der Waals surface area contributed by atoms with Gasteiger partial charge in [-0.3, -0.25) is 9.59 Å². The maximum Gasteiger partial charge on any atom is 0.251 e. The first-order valence-electron chi connectivity index (χ1n) is 9.82. The molecule has 2 amide bonds. The third-order valence-electron chi connectivity index (χ3n) is 4.85. The van der Waals surface area contributed by atoms with Gasteiger partial charge in [-0.1, -0.05) is 32.9 Å². The molecule has 0 saturated heterocycles. The van der Waals surface area contributed by atoms with Gasteiger partial charge in [0.1, 0.15) is 13.2 Å². The lowest BCUT2D eigenvalue weighted by Gasteiger charge is -2.24. The van der Waals surface area contributed by atoms with E-state index in [0.29, 0.717) is 49.1 Å². The van der Waals surface area contributed by atoms with Crippen LogP contribution in [-0.4, -0.2) is 38.1 Å². The van der Waals surface area contributed by atoms with Crippen molar-refractivity contribution in [1.29, 1.82) is 0 Å². The van der Waals surface area contributed by atoms with Gasteiger partial charge < -0.3 is 19.7 Å². The Morgan fingerprint density at radius 3 is 2.28 bits per heavy atom. The molecule has 29 heavy (non-hydrogen) atoms. The molecular weight excluding hydrogens is 368 g/mol. The Labute approximate surface area is 171 Å². The monoisotopic (exact) mass is 396 g/mol. The second-order valence-corrected chi connectivity index (χ2v) is 8.08. The van der Waals surface area contributed by atoms with Crippen LogP contribution in [0.4, 0.5) is 5.69 Å². The SMILES string of the molecule is CC(=O)N(CCNC(=O)c1ccc(C(C)(C)C)cc1)c1ccc2c(c1)OCCO2. The summed E-state index contributed by atoms with van der Waals surface area (Å²) in [6, 6.07) is 13.0. The topological polar surface area (TPSA) is 67.9 Å². The number of benzene rings is 2. The summed E-state index contributed by atoms with van der Waals surface area (Å²) >= 11 is 0. The van der Waals surface area contributed by atoms with Crippen LogP contribution in [0.25, 0.3) is 0 Å². The summed E-state index contributed by atoms with van der Waals surface area (Å²) in [5.41, 5.74) is 2.54. The minimum atomic E-state index is -0.156. The number of hydrogen-bond acceptors (Lipinski definition) is 4. The van der Waals surface area contributed by atoms with Crippen LogP contribution in [0.15, 0.2) is 42.5 Å². The molecule has 0 atom stereocenters. The predicted octanol–water partition coefficient (Wildman–Crippen LogP) is 3.54.